The molecule has 3 heterocycles. The van der Waals surface area contributed by atoms with Crippen LogP contribution in [-0.4, -0.2) is 60.1 Å². The van der Waals surface area contributed by atoms with Gasteiger partial charge in [0.25, 0.3) is 5.91 Å². The topological polar surface area (TPSA) is 100 Å². The molecular formula is C28H31FN4O5. The maximum absolute atomic E-state index is 14.6. The van der Waals surface area contributed by atoms with Gasteiger partial charge in [0.2, 0.25) is 5.91 Å². The van der Waals surface area contributed by atoms with Crippen molar-refractivity contribution in [2.75, 3.05) is 31.6 Å². The number of ether oxygens (including phenoxy) is 2. The van der Waals surface area contributed by atoms with Crippen molar-refractivity contribution in [3.8, 4) is 5.75 Å². The van der Waals surface area contributed by atoms with E-state index in [1.807, 2.05) is 6.07 Å². The molecule has 200 valence electrons. The molecule has 2 saturated heterocycles. The minimum absolute atomic E-state index is 0.105. The molecule has 1 atom stereocenters. The highest BCUT2D eigenvalue weighted by atomic mass is 19.1. The van der Waals surface area contributed by atoms with Gasteiger partial charge in [-0.05, 0) is 56.0 Å². The van der Waals surface area contributed by atoms with E-state index >= 15 is 0 Å². The first kappa shape index (κ1) is 25.6. The Labute approximate surface area is 220 Å². The first-order valence-electron chi connectivity index (χ1n) is 12.9. The van der Waals surface area contributed by atoms with Gasteiger partial charge in [-0.3, -0.25) is 9.59 Å². The standard InChI is InChI=1S/C28H31FN4O5/c1-18-7-10-25(26(34)31-18)33-17-22-21(27(33)35)5-4-6-24(22)30-16-19-15-20(8-9-23(19)29)37-13-14-38-28(36)32-11-2-3-12-32/h4-6,8-9,15,25,30H,1-3,7,10-14,16-17H2,(H,31,34). The van der Waals surface area contributed by atoms with Crippen LogP contribution in [0, 0.1) is 5.82 Å². The predicted octanol–water partition coefficient (Wildman–Crippen LogP) is 3.80. The first-order valence-corrected chi connectivity index (χ1v) is 12.9. The molecular weight excluding hydrogens is 491 g/mol. The van der Waals surface area contributed by atoms with E-state index in [1.165, 1.54) is 12.1 Å². The van der Waals surface area contributed by atoms with Gasteiger partial charge in [-0.2, -0.15) is 0 Å². The highest BCUT2D eigenvalue weighted by molar-refractivity contribution is 6.02. The number of amides is 3. The summed E-state index contributed by atoms with van der Waals surface area (Å²) in [6.07, 6.45) is 2.80. The van der Waals surface area contributed by atoms with Crippen molar-refractivity contribution >= 4 is 23.6 Å². The Morgan fingerprint density at radius 2 is 1.97 bits per heavy atom. The molecule has 0 saturated carbocycles. The molecule has 9 nitrogen and oxygen atoms in total. The zero-order chi connectivity index (χ0) is 26.6. The number of carbonyl (C=O) groups is 3. The van der Waals surface area contributed by atoms with Crippen LogP contribution in [-0.2, 0) is 22.6 Å². The number of carbonyl (C=O) groups excluding carboxylic acids is 3. The van der Waals surface area contributed by atoms with Crippen LogP contribution in [0.25, 0.3) is 0 Å². The lowest BCUT2D eigenvalue weighted by molar-refractivity contribution is -0.126. The van der Waals surface area contributed by atoms with Gasteiger partial charge in [-0.1, -0.05) is 12.6 Å². The van der Waals surface area contributed by atoms with E-state index in [-0.39, 0.29) is 37.7 Å². The van der Waals surface area contributed by atoms with E-state index in [4.69, 9.17) is 9.47 Å². The number of nitrogens with zero attached hydrogens (tertiary/aromatic N) is 2. The van der Waals surface area contributed by atoms with Crippen LogP contribution in [0.15, 0.2) is 48.7 Å². The zero-order valence-corrected chi connectivity index (χ0v) is 21.1. The van der Waals surface area contributed by atoms with Gasteiger partial charge in [0.05, 0.1) is 0 Å². The Morgan fingerprint density at radius 3 is 2.76 bits per heavy atom. The van der Waals surface area contributed by atoms with Crippen LogP contribution in [0.3, 0.4) is 0 Å². The number of fused-ring (bicyclic) bond motifs is 1. The van der Waals surface area contributed by atoms with Crippen LogP contribution >= 0.6 is 0 Å². The van der Waals surface area contributed by atoms with Crippen molar-refractivity contribution in [3.63, 3.8) is 0 Å². The Kier molecular flexibility index (Phi) is 7.48. The third-order valence-electron chi connectivity index (χ3n) is 7.12. The van der Waals surface area contributed by atoms with Crippen LogP contribution in [0.5, 0.6) is 5.75 Å². The number of nitrogens with one attached hydrogen (secondary N) is 2. The number of anilines is 1. The Balaban J connectivity index is 1.18. The van der Waals surface area contributed by atoms with E-state index in [1.54, 1.807) is 28.0 Å². The van der Waals surface area contributed by atoms with Crippen molar-refractivity contribution < 1.29 is 28.2 Å². The maximum Gasteiger partial charge on any atom is 0.409 e. The second-order valence-corrected chi connectivity index (χ2v) is 9.68. The molecule has 5 rings (SSSR count). The Morgan fingerprint density at radius 1 is 1.16 bits per heavy atom. The fraction of sp³-hybridized carbons (Fsp3) is 0.393. The predicted molar refractivity (Wildman–Crippen MR) is 138 cm³/mol. The molecule has 0 aliphatic carbocycles. The summed E-state index contributed by atoms with van der Waals surface area (Å²) in [7, 11) is 0. The summed E-state index contributed by atoms with van der Waals surface area (Å²) in [5, 5.41) is 5.98. The smallest absolute Gasteiger partial charge is 0.409 e. The normalized spacial score (nSPS) is 18.9. The first-order chi connectivity index (χ1) is 18.4. The minimum atomic E-state index is -0.547. The zero-order valence-electron chi connectivity index (χ0n) is 21.1. The average molecular weight is 523 g/mol. The van der Waals surface area contributed by atoms with Crippen LogP contribution in [0.4, 0.5) is 14.9 Å². The quantitative estimate of drug-likeness (QED) is 0.512. The van der Waals surface area contributed by atoms with E-state index in [2.05, 4.69) is 17.2 Å². The summed E-state index contributed by atoms with van der Waals surface area (Å²) < 4.78 is 25.5. The molecule has 0 spiro atoms. The monoisotopic (exact) mass is 522 g/mol. The van der Waals surface area contributed by atoms with E-state index in [9.17, 15) is 18.8 Å². The number of benzene rings is 2. The summed E-state index contributed by atoms with van der Waals surface area (Å²) in [5.41, 5.74) is 3.07. The van der Waals surface area contributed by atoms with Gasteiger partial charge in [0.15, 0.2) is 0 Å². The number of halogens is 1. The lowest BCUT2D eigenvalue weighted by atomic mass is 10.0. The van der Waals surface area contributed by atoms with Crippen LogP contribution < -0.4 is 15.4 Å². The Bertz CT molecular complexity index is 1260. The van der Waals surface area contributed by atoms with Crippen LogP contribution in [0.1, 0.15) is 47.2 Å². The number of hydrogen-bond acceptors (Lipinski definition) is 6. The molecule has 3 aliphatic heterocycles. The van der Waals surface area contributed by atoms with Crippen LogP contribution in [0.2, 0.25) is 0 Å². The number of hydrogen-bond donors (Lipinski definition) is 2. The lowest BCUT2D eigenvalue weighted by Crippen LogP contribution is -2.49. The summed E-state index contributed by atoms with van der Waals surface area (Å²) in [4.78, 5) is 40.8. The molecule has 3 amide bonds. The number of rotatable bonds is 8. The number of piperidine rings is 1. The summed E-state index contributed by atoms with van der Waals surface area (Å²) in [5.74, 6) is -0.343. The molecule has 10 heteroatoms. The molecule has 2 aromatic rings. The Hall–Kier alpha value is -4.08. The van der Waals surface area contributed by atoms with Crippen molar-refractivity contribution in [1.29, 1.82) is 0 Å². The summed E-state index contributed by atoms with van der Waals surface area (Å²) >= 11 is 0. The van der Waals surface area contributed by atoms with Gasteiger partial charge < -0.3 is 29.9 Å². The van der Waals surface area contributed by atoms with Gasteiger partial charge in [0, 0.05) is 54.3 Å². The van der Waals surface area contributed by atoms with Crippen molar-refractivity contribution in [1.82, 2.24) is 15.1 Å². The number of likely N-dealkylation sites (tertiary alicyclic amines) is 1. The molecule has 1 unspecified atom stereocenters. The largest absolute Gasteiger partial charge is 0.490 e. The maximum atomic E-state index is 14.6. The molecule has 2 N–H and O–H groups in total. The van der Waals surface area contributed by atoms with Crippen molar-refractivity contribution in [2.45, 2.75) is 44.8 Å². The van der Waals surface area contributed by atoms with E-state index < -0.39 is 11.9 Å². The number of allylic oxidation sites excluding steroid dienone is 1. The molecule has 0 radical (unpaired) electrons. The summed E-state index contributed by atoms with van der Waals surface area (Å²) in [6, 6.07) is 9.27. The SMILES string of the molecule is C=C1CCC(N2Cc3c(NCc4cc(OCCOC(=O)N5CCCC5)ccc4F)cccc3C2=O)C(=O)N1. The second-order valence-electron chi connectivity index (χ2n) is 9.68. The van der Waals surface area contributed by atoms with Gasteiger partial charge >= 0.3 is 6.09 Å². The van der Waals surface area contributed by atoms with E-state index in [0.29, 0.717) is 47.6 Å². The third-order valence-corrected chi connectivity index (χ3v) is 7.12. The van der Waals surface area contributed by atoms with E-state index in [0.717, 1.165) is 31.5 Å². The molecule has 38 heavy (non-hydrogen) atoms. The molecule has 2 aromatic carbocycles. The molecule has 0 bridgehead atoms. The highest BCUT2D eigenvalue weighted by Gasteiger charge is 2.38. The third kappa shape index (κ3) is 5.44. The highest BCUT2D eigenvalue weighted by Crippen LogP contribution is 2.33. The van der Waals surface area contributed by atoms with Gasteiger partial charge in [-0.25, -0.2) is 9.18 Å². The minimum Gasteiger partial charge on any atom is -0.490 e. The van der Waals surface area contributed by atoms with Gasteiger partial charge in [-0.15, -0.1) is 0 Å². The van der Waals surface area contributed by atoms with Crippen molar-refractivity contribution in [2.24, 2.45) is 0 Å². The lowest BCUT2D eigenvalue weighted by Gasteiger charge is -2.31. The average Bonchev–Trinajstić information content (AvgIpc) is 3.56. The fourth-order valence-electron chi connectivity index (χ4n) is 5.08. The van der Waals surface area contributed by atoms with Crippen molar-refractivity contribution in [3.05, 3.63) is 71.2 Å². The fourth-order valence-corrected chi connectivity index (χ4v) is 5.08. The molecule has 0 aromatic heterocycles. The summed E-state index contributed by atoms with van der Waals surface area (Å²) in [6.45, 7) is 5.96. The molecule has 2 fully saturated rings. The van der Waals surface area contributed by atoms with Gasteiger partial charge in [0.1, 0.15) is 30.8 Å². The second kappa shape index (κ2) is 11.1. The molecule has 3 aliphatic rings.